The maximum absolute atomic E-state index is 13.8. The molecule has 4 N–H and O–H groups in total. The number of benzene rings is 2. The van der Waals surface area contributed by atoms with Crippen LogP contribution in [0.4, 0.5) is 16.2 Å². The van der Waals surface area contributed by atoms with Crippen molar-refractivity contribution in [1.29, 1.82) is 0 Å². The van der Waals surface area contributed by atoms with Crippen LogP contribution in [-0.4, -0.2) is 26.8 Å². The van der Waals surface area contributed by atoms with Crippen LogP contribution in [0.25, 0.3) is 11.0 Å². The summed E-state index contributed by atoms with van der Waals surface area (Å²) in [5.74, 6) is 0.609. The molecule has 1 atom stereocenters. The molecule has 0 aliphatic heterocycles. The number of H-pyrrole nitrogens is 1. The zero-order valence-corrected chi connectivity index (χ0v) is 16.3. The van der Waals surface area contributed by atoms with Crippen molar-refractivity contribution in [2.75, 3.05) is 17.2 Å². The lowest BCUT2D eigenvalue weighted by molar-refractivity contribution is 0.223. The van der Waals surface area contributed by atoms with Crippen molar-refractivity contribution < 1.29 is 14.0 Å². The minimum Gasteiger partial charge on any atom is -0.394 e. The molecule has 7 nitrogen and oxygen atoms in total. The lowest BCUT2D eigenvalue weighted by Gasteiger charge is -2.29. The summed E-state index contributed by atoms with van der Waals surface area (Å²) >= 11 is 5.99. The smallest absolute Gasteiger partial charge is 0.201 e. The molecule has 0 spiro atoms. The van der Waals surface area contributed by atoms with Gasteiger partial charge in [0.1, 0.15) is 12.1 Å². The Morgan fingerprint density at radius 2 is 2.14 bits per heavy atom. The van der Waals surface area contributed by atoms with Crippen molar-refractivity contribution in [2.45, 2.75) is 19.0 Å². The quantitative estimate of drug-likeness (QED) is 0.359. The number of nitrogens with zero attached hydrogens (tertiary/aromatic N) is 2. The number of hydrogen-bond acceptors (Lipinski definition) is 6. The molecule has 4 rings (SSSR count). The Bertz CT molecular complexity index is 1110. The number of aliphatic hydroxyl groups is 1. The van der Waals surface area contributed by atoms with Crippen molar-refractivity contribution >= 4 is 34.4 Å². The van der Waals surface area contributed by atoms with Crippen LogP contribution in [0.1, 0.15) is 18.1 Å². The van der Waals surface area contributed by atoms with Gasteiger partial charge in [0, 0.05) is 17.6 Å². The molecule has 1 unspecified atom stereocenters. The number of rotatable bonds is 7. The average Bonchev–Trinajstić information content (AvgIpc) is 3.34. The van der Waals surface area contributed by atoms with Gasteiger partial charge in [-0.25, -0.2) is 9.37 Å². The van der Waals surface area contributed by atoms with Gasteiger partial charge in [-0.1, -0.05) is 28.9 Å². The maximum atomic E-state index is 13.8. The predicted molar refractivity (Wildman–Crippen MR) is 109 cm³/mol. The summed E-state index contributed by atoms with van der Waals surface area (Å²) in [6, 6.07) is 11.7. The summed E-state index contributed by atoms with van der Waals surface area (Å²) < 4.78 is 18.6. The van der Waals surface area contributed by atoms with E-state index < -0.39 is 11.4 Å². The average molecular weight is 416 g/mol. The van der Waals surface area contributed by atoms with Crippen LogP contribution < -0.4 is 10.6 Å². The van der Waals surface area contributed by atoms with Gasteiger partial charge in [-0.3, -0.25) is 0 Å². The Kier molecular flexibility index (Phi) is 5.12. The van der Waals surface area contributed by atoms with E-state index in [1.165, 1.54) is 18.4 Å². The van der Waals surface area contributed by atoms with Crippen molar-refractivity contribution in [1.82, 2.24) is 15.1 Å². The second-order valence-corrected chi connectivity index (χ2v) is 7.35. The van der Waals surface area contributed by atoms with Gasteiger partial charge in [-0.05, 0) is 42.3 Å². The van der Waals surface area contributed by atoms with E-state index in [-0.39, 0.29) is 11.6 Å². The number of aliphatic hydroxyl groups excluding tert-OH is 1. The summed E-state index contributed by atoms with van der Waals surface area (Å²) in [5.41, 5.74) is 2.07. The highest BCUT2D eigenvalue weighted by Crippen LogP contribution is 2.29. The second-order valence-electron chi connectivity index (χ2n) is 6.91. The highest BCUT2D eigenvalue weighted by atomic mass is 35.5. The molecular formula is C20H19ClFN5O2. The van der Waals surface area contributed by atoms with Crippen LogP contribution in [0.2, 0.25) is 5.02 Å². The fourth-order valence-corrected chi connectivity index (χ4v) is 3.34. The SMILES string of the molecule is CC(CO)(Nc1nc2c(CNc3ccon3)cccc2[nH]1)c1cc(F)cc(Cl)c1. The molecule has 0 saturated carbocycles. The fourth-order valence-electron chi connectivity index (χ4n) is 3.12. The van der Waals surface area contributed by atoms with Gasteiger partial charge in [-0.2, -0.15) is 0 Å². The van der Waals surface area contributed by atoms with Gasteiger partial charge in [-0.15, -0.1) is 0 Å². The molecule has 4 aromatic rings. The largest absolute Gasteiger partial charge is 0.394 e. The summed E-state index contributed by atoms with van der Waals surface area (Å²) in [5, 5.41) is 20.4. The number of hydrogen-bond donors (Lipinski definition) is 4. The Labute approximate surface area is 170 Å². The highest BCUT2D eigenvalue weighted by Gasteiger charge is 2.28. The number of imidazole rings is 1. The van der Waals surface area contributed by atoms with Crippen molar-refractivity contribution in [3.63, 3.8) is 0 Å². The normalized spacial score (nSPS) is 13.4. The van der Waals surface area contributed by atoms with E-state index in [0.29, 0.717) is 23.9 Å². The number of fused-ring (bicyclic) bond motifs is 1. The van der Waals surface area contributed by atoms with Crippen LogP contribution in [-0.2, 0) is 12.1 Å². The summed E-state index contributed by atoms with van der Waals surface area (Å²) in [6.45, 7) is 1.97. The van der Waals surface area contributed by atoms with E-state index in [1.807, 2.05) is 18.2 Å². The molecule has 150 valence electrons. The minimum atomic E-state index is -0.987. The number of nitrogens with one attached hydrogen (secondary N) is 3. The number of anilines is 2. The van der Waals surface area contributed by atoms with Crippen molar-refractivity contribution in [2.24, 2.45) is 0 Å². The fraction of sp³-hybridized carbons (Fsp3) is 0.200. The lowest BCUT2D eigenvalue weighted by atomic mass is 9.93. The molecule has 29 heavy (non-hydrogen) atoms. The molecule has 0 aliphatic carbocycles. The Morgan fingerprint density at radius 3 is 2.86 bits per heavy atom. The number of aromatic nitrogens is 3. The second kappa shape index (κ2) is 7.73. The first-order valence-electron chi connectivity index (χ1n) is 8.94. The number of para-hydroxylation sites is 1. The van der Waals surface area contributed by atoms with E-state index in [9.17, 15) is 9.50 Å². The van der Waals surface area contributed by atoms with Crippen LogP contribution in [0.15, 0.2) is 53.3 Å². The van der Waals surface area contributed by atoms with Gasteiger partial charge in [0.05, 0.1) is 23.2 Å². The van der Waals surface area contributed by atoms with E-state index in [2.05, 4.69) is 25.8 Å². The van der Waals surface area contributed by atoms with Crippen molar-refractivity contribution in [3.05, 3.63) is 70.7 Å². The molecule has 2 aromatic carbocycles. The third kappa shape index (κ3) is 4.03. The van der Waals surface area contributed by atoms with E-state index in [4.69, 9.17) is 16.1 Å². The third-order valence-electron chi connectivity index (χ3n) is 4.70. The van der Waals surface area contributed by atoms with Gasteiger partial charge >= 0.3 is 0 Å². The molecule has 0 bridgehead atoms. The molecule has 0 amide bonds. The van der Waals surface area contributed by atoms with E-state index in [1.54, 1.807) is 19.1 Å². The zero-order valence-electron chi connectivity index (χ0n) is 15.5. The van der Waals surface area contributed by atoms with Gasteiger partial charge in [0.25, 0.3) is 0 Å². The molecule has 0 fully saturated rings. The molecule has 0 saturated heterocycles. The van der Waals surface area contributed by atoms with E-state index >= 15 is 0 Å². The van der Waals surface area contributed by atoms with Crippen molar-refractivity contribution in [3.8, 4) is 0 Å². The van der Waals surface area contributed by atoms with Crippen LogP contribution in [0, 0.1) is 5.82 Å². The van der Waals surface area contributed by atoms with E-state index in [0.717, 1.165) is 16.6 Å². The highest BCUT2D eigenvalue weighted by molar-refractivity contribution is 6.30. The van der Waals surface area contributed by atoms with Gasteiger partial charge in [0.2, 0.25) is 5.95 Å². The van der Waals surface area contributed by atoms with Crippen LogP contribution in [0.5, 0.6) is 0 Å². The van der Waals surface area contributed by atoms with Crippen LogP contribution in [0.3, 0.4) is 0 Å². The number of aromatic amines is 1. The summed E-state index contributed by atoms with van der Waals surface area (Å²) in [7, 11) is 0. The topological polar surface area (TPSA) is 99.0 Å². The summed E-state index contributed by atoms with van der Waals surface area (Å²) in [4.78, 5) is 7.82. The molecule has 2 heterocycles. The minimum absolute atomic E-state index is 0.257. The lowest BCUT2D eigenvalue weighted by Crippen LogP contribution is -2.36. The first kappa shape index (κ1) is 19.2. The molecule has 0 radical (unpaired) electrons. The Hall–Kier alpha value is -3.10. The first-order chi connectivity index (χ1) is 14.0. The third-order valence-corrected chi connectivity index (χ3v) is 4.92. The van der Waals surface area contributed by atoms with Gasteiger partial charge < -0.3 is 25.2 Å². The molecule has 9 heteroatoms. The maximum Gasteiger partial charge on any atom is 0.201 e. The van der Waals surface area contributed by atoms with Gasteiger partial charge in [0.15, 0.2) is 5.82 Å². The predicted octanol–water partition coefficient (Wildman–Crippen LogP) is 4.28. The Morgan fingerprint density at radius 1 is 1.28 bits per heavy atom. The molecule has 2 aromatic heterocycles. The van der Waals surface area contributed by atoms with Crippen LogP contribution >= 0.6 is 11.6 Å². The monoisotopic (exact) mass is 415 g/mol. The number of halogens is 2. The standard InChI is InChI=1S/C20H19ClFN5O2/c1-20(11-28,13-7-14(21)9-15(22)8-13)26-19-24-16-4-2-3-12(18(16)25-19)10-23-17-5-6-29-27-17/h2-9,28H,10-11H2,1H3,(H,23,27)(H2,24,25,26). The first-order valence-corrected chi connectivity index (χ1v) is 9.32. The summed E-state index contributed by atoms with van der Waals surface area (Å²) in [6.07, 6.45) is 1.49. The molecular weight excluding hydrogens is 397 g/mol. The zero-order chi connectivity index (χ0) is 20.4. The molecule has 0 aliphatic rings. The Balaban J connectivity index is 1.62.